The molecule has 8 nitrogen and oxygen atoms in total. The molecule has 9 heteroatoms. The number of carbonyl (C=O) groups is 1. The average Bonchev–Trinajstić information content (AvgIpc) is 3.02. The summed E-state index contributed by atoms with van der Waals surface area (Å²) >= 11 is 0. The highest BCUT2D eigenvalue weighted by Gasteiger charge is 2.22. The number of aromatic amines is 1. The first-order valence-corrected chi connectivity index (χ1v) is 8.67. The molecule has 3 N–H and O–H groups in total. The number of benzene rings is 1. The maximum Gasteiger partial charge on any atom is 0.258 e. The van der Waals surface area contributed by atoms with Crippen molar-refractivity contribution in [1.82, 2.24) is 25.1 Å². The number of carbonyl (C=O) groups excluding carboxylic acids is 1. The number of para-hydroxylation sites is 1. The number of pyridine rings is 1. The van der Waals surface area contributed by atoms with E-state index >= 15 is 0 Å². The molecule has 2 aromatic heterocycles. The summed E-state index contributed by atoms with van der Waals surface area (Å²) in [5, 5.41) is 11.2. The molecule has 1 amide bonds. The first-order valence-electron chi connectivity index (χ1n) is 8.67. The van der Waals surface area contributed by atoms with Gasteiger partial charge in [-0.25, -0.2) is 4.68 Å². The molecule has 0 saturated carbocycles. The van der Waals surface area contributed by atoms with Gasteiger partial charge in [-0.05, 0) is 32.0 Å². The quantitative estimate of drug-likeness (QED) is 0.634. The lowest BCUT2D eigenvalue weighted by Gasteiger charge is -2.19. The Morgan fingerprint density at radius 2 is 2.00 bits per heavy atom. The fraction of sp³-hybridized carbons (Fsp3) is 0.333. The number of amides is 1. The minimum Gasteiger partial charge on any atom is -0.322 e. The fourth-order valence-electron chi connectivity index (χ4n) is 3.33. The summed E-state index contributed by atoms with van der Waals surface area (Å²) in [6.07, 6.45) is 1.96. The van der Waals surface area contributed by atoms with Crippen LogP contribution in [0.15, 0.2) is 35.1 Å². The Labute approximate surface area is 161 Å². The van der Waals surface area contributed by atoms with Crippen molar-refractivity contribution in [3.8, 4) is 0 Å². The van der Waals surface area contributed by atoms with Gasteiger partial charge in [0.25, 0.3) is 5.91 Å². The molecule has 3 heterocycles. The van der Waals surface area contributed by atoms with Gasteiger partial charge in [0.2, 0.25) is 11.5 Å². The van der Waals surface area contributed by atoms with Crippen LogP contribution in [-0.2, 0) is 7.05 Å². The van der Waals surface area contributed by atoms with Crippen molar-refractivity contribution >= 4 is 35.2 Å². The number of hydrogen-bond acceptors (Lipinski definition) is 5. The van der Waals surface area contributed by atoms with Crippen molar-refractivity contribution in [2.75, 3.05) is 18.4 Å². The molecule has 1 aliphatic heterocycles. The number of anilines is 1. The predicted molar refractivity (Wildman–Crippen MR) is 106 cm³/mol. The highest BCUT2D eigenvalue weighted by Crippen LogP contribution is 2.23. The number of H-pyrrole nitrogens is 1. The topological polar surface area (TPSA) is 105 Å². The number of halogens is 1. The first kappa shape index (κ1) is 19.1. The minimum atomic E-state index is -0.375. The molecule has 0 unspecified atom stereocenters. The largest absolute Gasteiger partial charge is 0.322 e. The number of nitrogens with one attached hydrogen (secondary N) is 3. The lowest BCUT2D eigenvalue weighted by molar-refractivity contribution is 0.102. The van der Waals surface area contributed by atoms with E-state index in [1.165, 1.54) is 6.07 Å². The second kappa shape index (κ2) is 7.89. The second-order valence-corrected chi connectivity index (χ2v) is 6.49. The molecule has 3 aromatic rings. The number of nitrogens with zero attached hydrogens (tertiary/aromatic N) is 3. The van der Waals surface area contributed by atoms with Crippen molar-refractivity contribution in [3.63, 3.8) is 0 Å². The molecule has 1 aliphatic rings. The van der Waals surface area contributed by atoms with Crippen LogP contribution in [0, 0.1) is 0 Å². The maximum absolute atomic E-state index is 12.8. The highest BCUT2D eigenvalue weighted by molar-refractivity contribution is 6.11. The van der Waals surface area contributed by atoms with Gasteiger partial charge in [-0.15, -0.1) is 12.4 Å². The van der Waals surface area contributed by atoms with Crippen LogP contribution in [0.1, 0.15) is 34.9 Å². The normalized spacial score (nSPS) is 14.7. The summed E-state index contributed by atoms with van der Waals surface area (Å²) in [6.45, 7) is 1.90. The van der Waals surface area contributed by atoms with Crippen LogP contribution < -0.4 is 16.2 Å². The van der Waals surface area contributed by atoms with E-state index in [1.807, 2.05) is 12.1 Å². The number of rotatable bonds is 3. The van der Waals surface area contributed by atoms with E-state index in [0.717, 1.165) is 31.8 Å². The summed E-state index contributed by atoms with van der Waals surface area (Å²) in [7, 11) is 1.75. The number of fused-ring (bicyclic) bond motifs is 1. The molecule has 27 heavy (non-hydrogen) atoms. The zero-order valence-electron chi connectivity index (χ0n) is 14.9. The Balaban J connectivity index is 0.00000210. The van der Waals surface area contributed by atoms with Crippen LogP contribution in [0.25, 0.3) is 10.9 Å². The first-order chi connectivity index (χ1) is 12.6. The summed E-state index contributed by atoms with van der Waals surface area (Å²) in [4.78, 5) is 31.9. The Kier molecular flexibility index (Phi) is 5.57. The van der Waals surface area contributed by atoms with E-state index in [2.05, 4.69) is 25.7 Å². The van der Waals surface area contributed by atoms with E-state index in [1.54, 1.807) is 23.9 Å². The van der Waals surface area contributed by atoms with Crippen molar-refractivity contribution in [2.24, 2.45) is 7.05 Å². The van der Waals surface area contributed by atoms with Gasteiger partial charge in [0.1, 0.15) is 0 Å². The van der Waals surface area contributed by atoms with E-state index < -0.39 is 0 Å². The molecule has 0 atom stereocenters. The highest BCUT2D eigenvalue weighted by atomic mass is 35.5. The van der Waals surface area contributed by atoms with E-state index in [4.69, 9.17) is 0 Å². The number of piperidine rings is 1. The smallest absolute Gasteiger partial charge is 0.258 e. The van der Waals surface area contributed by atoms with Crippen LogP contribution >= 0.6 is 12.4 Å². The van der Waals surface area contributed by atoms with Gasteiger partial charge in [0.15, 0.2) is 5.82 Å². The minimum absolute atomic E-state index is 0. The third-order valence-electron chi connectivity index (χ3n) is 4.70. The van der Waals surface area contributed by atoms with E-state index in [9.17, 15) is 9.59 Å². The summed E-state index contributed by atoms with van der Waals surface area (Å²) < 4.78 is 1.57. The number of aromatic nitrogens is 4. The molecule has 0 spiro atoms. The molecule has 142 valence electrons. The molecule has 0 radical (unpaired) electrons. The Morgan fingerprint density at radius 1 is 1.26 bits per heavy atom. The van der Waals surface area contributed by atoms with Gasteiger partial charge in [-0.2, -0.15) is 10.1 Å². The fourth-order valence-corrected chi connectivity index (χ4v) is 3.33. The molecule has 4 rings (SSSR count). The Bertz CT molecular complexity index is 1020. The number of aryl methyl sites for hydroxylation is 1. The molecular weight excluding hydrogens is 368 g/mol. The lowest BCUT2D eigenvalue weighted by atomic mass is 9.98. The standard InChI is InChI=1S/C18H20N6O2.ClH/c1-24-18(21-16(23-24)11-6-8-19-9-7-11)22-17(26)13-10-15(25)20-14-5-3-2-4-12(13)14;/h2-5,10-11,19H,6-9H2,1H3,(H,20,25)(H,21,22,23,26);1H. The lowest BCUT2D eigenvalue weighted by Crippen LogP contribution is -2.27. The number of hydrogen-bond donors (Lipinski definition) is 3. The monoisotopic (exact) mass is 388 g/mol. The molecule has 0 aliphatic carbocycles. The van der Waals surface area contributed by atoms with Crippen molar-refractivity contribution in [2.45, 2.75) is 18.8 Å². The Hall–Kier alpha value is -2.71. The van der Waals surface area contributed by atoms with Crippen LogP contribution in [0.5, 0.6) is 0 Å². The van der Waals surface area contributed by atoms with Crippen LogP contribution in [0.4, 0.5) is 5.95 Å². The zero-order valence-corrected chi connectivity index (χ0v) is 15.7. The summed E-state index contributed by atoms with van der Waals surface area (Å²) in [5.74, 6) is 1.06. The Morgan fingerprint density at radius 3 is 2.78 bits per heavy atom. The molecule has 1 saturated heterocycles. The van der Waals surface area contributed by atoms with Crippen LogP contribution in [0.2, 0.25) is 0 Å². The van der Waals surface area contributed by atoms with Gasteiger partial charge in [0, 0.05) is 29.9 Å². The van der Waals surface area contributed by atoms with Crippen LogP contribution in [0.3, 0.4) is 0 Å². The third-order valence-corrected chi connectivity index (χ3v) is 4.70. The summed E-state index contributed by atoms with van der Waals surface area (Å²) in [6, 6.07) is 8.52. The molecule has 1 fully saturated rings. The zero-order chi connectivity index (χ0) is 18.1. The van der Waals surface area contributed by atoms with Crippen molar-refractivity contribution < 1.29 is 4.79 Å². The van der Waals surface area contributed by atoms with E-state index in [0.29, 0.717) is 28.3 Å². The van der Waals surface area contributed by atoms with Gasteiger partial charge in [-0.3, -0.25) is 14.9 Å². The average molecular weight is 389 g/mol. The van der Waals surface area contributed by atoms with Gasteiger partial charge < -0.3 is 10.3 Å². The second-order valence-electron chi connectivity index (χ2n) is 6.49. The molecular formula is C18H21ClN6O2. The third kappa shape index (κ3) is 3.86. The van der Waals surface area contributed by atoms with Gasteiger partial charge in [0.05, 0.1) is 5.56 Å². The van der Waals surface area contributed by atoms with Crippen molar-refractivity contribution in [3.05, 3.63) is 52.1 Å². The SMILES string of the molecule is Cl.Cn1nc(C2CCNCC2)nc1NC(=O)c1cc(=O)[nH]c2ccccc12. The van der Waals surface area contributed by atoms with E-state index in [-0.39, 0.29) is 23.9 Å². The van der Waals surface area contributed by atoms with Gasteiger partial charge in [-0.1, -0.05) is 18.2 Å². The van der Waals surface area contributed by atoms with Gasteiger partial charge >= 0.3 is 0 Å². The molecule has 0 bridgehead atoms. The summed E-state index contributed by atoms with van der Waals surface area (Å²) in [5.41, 5.74) is 0.622. The van der Waals surface area contributed by atoms with Crippen molar-refractivity contribution in [1.29, 1.82) is 0 Å². The molecule has 1 aromatic carbocycles. The predicted octanol–water partition coefficient (Wildman–Crippen LogP) is 1.80. The maximum atomic E-state index is 12.8. The van der Waals surface area contributed by atoms with Crippen LogP contribution in [-0.4, -0.2) is 38.7 Å².